The van der Waals surface area contributed by atoms with Gasteiger partial charge in [0.05, 0.1) is 0 Å². The van der Waals surface area contributed by atoms with E-state index >= 15 is 0 Å². The average molecular weight is 204 g/mol. The minimum absolute atomic E-state index is 0.725. The standard InChI is InChI=1S/C15H24/c1-4-5-6-7-10-13(2)15-12-9-8-11-14(15)3/h8-9,11-13H,4-7,10H2,1-3H3. The summed E-state index contributed by atoms with van der Waals surface area (Å²) in [6, 6.07) is 8.78. The van der Waals surface area contributed by atoms with Crippen molar-refractivity contribution in [3.63, 3.8) is 0 Å². The highest BCUT2D eigenvalue weighted by Gasteiger charge is 2.06. The number of hydrogen-bond acceptors (Lipinski definition) is 0. The Balaban J connectivity index is 2.40. The number of hydrogen-bond donors (Lipinski definition) is 0. The molecule has 0 fully saturated rings. The van der Waals surface area contributed by atoms with Crippen molar-refractivity contribution in [2.45, 2.75) is 58.8 Å². The van der Waals surface area contributed by atoms with Gasteiger partial charge in [0.15, 0.2) is 0 Å². The molecular formula is C15H24. The lowest BCUT2D eigenvalue weighted by atomic mass is 9.92. The first-order valence-corrected chi connectivity index (χ1v) is 6.31. The molecule has 0 bridgehead atoms. The first kappa shape index (κ1) is 12.3. The molecule has 0 aliphatic carbocycles. The molecule has 84 valence electrons. The fourth-order valence-electron chi connectivity index (χ4n) is 2.17. The monoisotopic (exact) mass is 204 g/mol. The van der Waals surface area contributed by atoms with Crippen molar-refractivity contribution in [2.24, 2.45) is 0 Å². The summed E-state index contributed by atoms with van der Waals surface area (Å²) in [7, 11) is 0. The molecule has 1 aromatic rings. The minimum atomic E-state index is 0.725. The van der Waals surface area contributed by atoms with Crippen molar-refractivity contribution in [2.75, 3.05) is 0 Å². The maximum atomic E-state index is 2.36. The summed E-state index contributed by atoms with van der Waals surface area (Å²) >= 11 is 0. The predicted molar refractivity (Wildman–Crippen MR) is 68.4 cm³/mol. The summed E-state index contributed by atoms with van der Waals surface area (Å²) in [5.74, 6) is 0.725. The third kappa shape index (κ3) is 4.07. The average Bonchev–Trinajstić information content (AvgIpc) is 2.25. The normalized spacial score (nSPS) is 12.7. The van der Waals surface area contributed by atoms with E-state index in [1.807, 2.05) is 0 Å². The largest absolute Gasteiger partial charge is 0.0654 e. The molecule has 0 amide bonds. The third-order valence-corrected chi connectivity index (χ3v) is 3.21. The minimum Gasteiger partial charge on any atom is -0.0654 e. The van der Waals surface area contributed by atoms with Crippen molar-refractivity contribution in [3.8, 4) is 0 Å². The summed E-state index contributed by atoms with van der Waals surface area (Å²) in [5, 5.41) is 0. The summed E-state index contributed by atoms with van der Waals surface area (Å²) in [4.78, 5) is 0. The van der Waals surface area contributed by atoms with E-state index in [0.717, 1.165) is 5.92 Å². The van der Waals surface area contributed by atoms with Gasteiger partial charge in [-0.05, 0) is 30.4 Å². The lowest BCUT2D eigenvalue weighted by Gasteiger charge is -2.14. The Morgan fingerprint density at radius 2 is 1.80 bits per heavy atom. The van der Waals surface area contributed by atoms with E-state index in [1.54, 1.807) is 0 Å². The number of benzene rings is 1. The number of unbranched alkanes of at least 4 members (excludes halogenated alkanes) is 3. The highest BCUT2D eigenvalue weighted by atomic mass is 14.1. The van der Waals surface area contributed by atoms with Gasteiger partial charge in [0.25, 0.3) is 0 Å². The Bertz CT molecular complexity index is 275. The van der Waals surface area contributed by atoms with Gasteiger partial charge in [-0.3, -0.25) is 0 Å². The quantitative estimate of drug-likeness (QED) is 0.568. The zero-order valence-electron chi connectivity index (χ0n) is 10.4. The highest BCUT2D eigenvalue weighted by molar-refractivity contribution is 5.28. The topological polar surface area (TPSA) is 0 Å². The SMILES string of the molecule is CCCCCCC(C)c1ccccc1C. The first-order valence-electron chi connectivity index (χ1n) is 6.31. The van der Waals surface area contributed by atoms with Crippen LogP contribution in [0.15, 0.2) is 24.3 Å². The first-order chi connectivity index (χ1) is 7.25. The molecule has 0 saturated carbocycles. The van der Waals surface area contributed by atoms with Crippen LogP contribution in [0.3, 0.4) is 0 Å². The summed E-state index contributed by atoms with van der Waals surface area (Å²) in [5.41, 5.74) is 2.98. The molecule has 1 aromatic carbocycles. The smallest absolute Gasteiger partial charge is 0.0188 e. The maximum absolute atomic E-state index is 2.36. The molecule has 0 radical (unpaired) electrons. The van der Waals surface area contributed by atoms with Crippen LogP contribution in [0.5, 0.6) is 0 Å². The van der Waals surface area contributed by atoms with Gasteiger partial charge >= 0.3 is 0 Å². The van der Waals surface area contributed by atoms with E-state index in [0.29, 0.717) is 0 Å². The molecule has 0 spiro atoms. The van der Waals surface area contributed by atoms with E-state index in [1.165, 1.54) is 43.2 Å². The van der Waals surface area contributed by atoms with Crippen molar-refractivity contribution in [1.82, 2.24) is 0 Å². The van der Waals surface area contributed by atoms with E-state index in [9.17, 15) is 0 Å². The van der Waals surface area contributed by atoms with Crippen molar-refractivity contribution < 1.29 is 0 Å². The Labute approximate surface area is 94.7 Å². The van der Waals surface area contributed by atoms with Gasteiger partial charge in [-0.1, -0.05) is 63.8 Å². The zero-order chi connectivity index (χ0) is 11.1. The molecular weight excluding hydrogens is 180 g/mol. The molecule has 0 nitrogen and oxygen atoms in total. The number of rotatable bonds is 6. The van der Waals surface area contributed by atoms with Crippen LogP contribution in [0, 0.1) is 6.92 Å². The Hall–Kier alpha value is -0.780. The van der Waals surface area contributed by atoms with E-state index in [2.05, 4.69) is 45.0 Å². The fourth-order valence-corrected chi connectivity index (χ4v) is 2.17. The predicted octanol–water partition coefficient (Wildman–Crippen LogP) is 5.07. The van der Waals surface area contributed by atoms with Crippen LogP contribution < -0.4 is 0 Å². The van der Waals surface area contributed by atoms with Gasteiger partial charge in [-0.25, -0.2) is 0 Å². The van der Waals surface area contributed by atoms with Crippen LogP contribution in [0.4, 0.5) is 0 Å². The van der Waals surface area contributed by atoms with Crippen molar-refractivity contribution >= 4 is 0 Å². The van der Waals surface area contributed by atoms with Crippen molar-refractivity contribution in [1.29, 1.82) is 0 Å². The van der Waals surface area contributed by atoms with Crippen LogP contribution in [0.1, 0.15) is 63.0 Å². The van der Waals surface area contributed by atoms with E-state index in [4.69, 9.17) is 0 Å². The van der Waals surface area contributed by atoms with Gasteiger partial charge < -0.3 is 0 Å². The number of aryl methyl sites for hydroxylation is 1. The van der Waals surface area contributed by atoms with E-state index in [-0.39, 0.29) is 0 Å². The van der Waals surface area contributed by atoms with Crippen LogP contribution >= 0.6 is 0 Å². The second-order valence-electron chi connectivity index (χ2n) is 4.61. The van der Waals surface area contributed by atoms with Crippen LogP contribution in [-0.4, -0.2) is 0 Å². The lowest BCUT2D eigenvalue weighted by Crippen LogP contribution is -1.96. The molecule has 1 rings (SSSR count). The molecule has 0 aliphatic heterocycles. The fraction of sp³-hybridized carbons (Fsp3) is 0.600. The molecule has 1 atom stereocenters. The second kappa shape index (κ2) is 6.66. The molecule has 0 aliphatic rings. The summed E-state index contributed by atoms with van der Waals surface area (Å²) < 4.78 is 0. The van der Waals surface area contributed by atoms with Crippen LogP contribution in [0.25, 0.3) is 0 Å². The van der Waals surface area contributed by atoms with Gasteiger partial charge in [0.1, 0.15) is 0 Å². The molecule has 0 aromatic heterocycles. The third-order valence-electron chi connectivity index (χ3n) is 3.21. The van der Waals surface area contributed by atoms with Crippen molar-refractivity contribution in [3.05, 3.63) is 35.4 Å². The van der Waals surface area contributed by atoms with Gasteiger partial charge in [-0.2, -0.15) is 0 Å². The Kier molecular flexibility index (Phi) is 5.45. The summed E-state index contributed by atoms with van der Waals surface area (Å²) in [6.07, 6.45) is 6.83. The molecule has 0 heteroatoms. The van der Waals surface area contributed by atoms with Crippen LogP contribution in [-0.2, 0) is 0 Å². The van der Waals surface area contributed by atoms with Gasteiger partial charge in [0, 0.05) is 0 Å². The highest BCUT2D eigenvalue weighted by Crippen LogP contribution is 2.24. The molecule has 0 saturated heterocycles. The molecule has 0 N–H and O–H groups in total. The molecule has 1 unspecified atom stereocenters. The molecule has 0 heterocycles. The zero-order valence-corrected chi connectivity index (χ0v) is 10.4. The van der Waals surface area contributed by atoms with Crippen LogP contribution in [0.2, 0.25) is 0 Å². The van der Waals surface area contributed by atoms with Gasteiger partial charge in [0.2, 0.25) is 0 Å². The maximum Gasteiger partial charge on any atom is -0.0188 e. The summed E-state index contributed by atoms with van der Waals surface area (Å²) in [6.45, 7) is 6.84. The Morgan fingerprint density at radius 3 is 2.47 bits per heavy atom. The molecule has 15 heavy (non-hydrogen) atoms. The van der Waals surface area contributed by atoms with E-state index < -0.39 is 0 Å². The lowest BCUT2D eigenvalue weighted by molar-refractivity contribution is 0.578. The Morgan fingerprint density at radius 1 is 1.07 bits per heavy atom. The van der Waals surface area contributed by atoms with Gasteiger partial charge in [-0.15, -0.1) is 0 Å². The second-order valence-corrected chi connectivity index (χ2v) is 4.61.